The molecule has 0 unspecified atom stereocenters. The third kappa shape index (κ3) is 9.67. The lowest BCUT2D eigenvalue weighted by molar-refractivity contribution is 0.459. The Labute approximate surface area is 170 Å². The predicted octanol–water partition coefficient (Wildman–Crippen LogP) is 8.50. The van der Waals surface area contributed by atoms with E-state index in [0.717, 1.165) is 12.8 Å². The van der Waals surface area contributed by atoms with Crippen LogP contribution in [0.3, 0.4) is 0 Å². The molecule has 1 aromatic rings. The van der Waals surface area contributed by atoms with Crippen LogP contribution in [0.2, 0.25) is 0 Å². The van der Waals surface area contributed by atoms with Crippen molar-refractivity contribution in [2.75, 3.05) is 0 Å². The first-order valence-corrected chi connectivity index (χ1v) is 11.7. The summed E-state index contributed by atoms with van der Waals surface area (Å²) < 4.78 is 0. The molecule has 0 atom stereocenters. The average molecular weight is 375 g/mol. The number of unbranched alkanes of at least 4 members (excludes halogenated alkanes) is 10. The van der Waals surface area contributed by atoms with Gasteiger partial charge in [-0.3, -0.25) is 0 Å². The molecule has 0 aliphatic rings. The van der Waals surface area contributed by atoms with Crippen LogP contribution in [0.5, 0.6) is 5.75 Å². The molecule has 0 spiro atoms. The Morgan fingerprint density at radius 2 is 1.15 bits per heavy atom. The van der Waals surface area contributed by atoms with Crippen LogP contribution in [0.1, 0.15) is 128 Å². The fraction of sp³-hybridized carbons (Fsp3) is 0.769. The van der Waals surface area contributed by atoms with Gasteiger partial charge in [-0.15, -0.1) is 0 Å². The topological polar surface area (TPSA) is 20.2 Å². The highest BCUT2D eigenvalue weighted by molar-refractivity contribution is 5.45. The lowest BCUT2D eigenvalue weighted by Crippen LogP contribution is -2.12. The van der Waals surface area contributed by atoms with Crippen LogP contribution in [0.15, 0.2) is 12.1 Å². The van der Waals surface area contributed by atoms with Gasteiger partial charge < -0.3 is 5.11 Å². The Hall–Kier alpha value is -0.980. The van der Waals surface area contributed by atoms with Gasteiger partial charge in [0, 0.05) is 0 Å². The van der Waals surface area contributed by atoms with E-state index in [2.05, 4.69) is 40.7 Å². The molecule has 156 valence electrons. The van der Waals surface area contributed by atoms with Gasteiger partial charge in [0.2, 0.25) is 0 Å². The Morgan fingerprint density at radius 1 is 0.667 bits per heavy atom. The molecular weight excluding hydrogens is 328 g/mol. The van der Waals surface area contributed by atoms with Crippen molar-refractivity contribution in [3.05, 3.63) is 28.8 Å². The highest BCUT2D eigenvalue weighted by Crippen LogP contribution is 2.33. The van der Waals surface area contributed by atoms with Gasteiger partial charge in [-0.2, -0.15) is 0 Å². The maximum absolute atomic E-state index is 10.7. The third-order valence-electron chi connectivity index (χ3n) is 5.76. The Kier molecular flexibility index (Phi) is 11.8. The zero-order chi connectivity index (χ0) is 20.1. The van der Waals surface area contributed by atoms with Crippen molar-refractivity contribution < 1.29 is 5.11 Å². The SMILES string of the molecule is CCCCCCCCc1cc(C(C)(C)C)cc(O)c1CCCCCCCC. The summed E-state index contributed by atoms with van der Waals surface area (Å²) in [4.78, 5) is 0. The van der Waals surface area contributed by atoms with Crippen LogP contribution >= 0.6 is 0 Å². The van der Waals surface area contributed by atoms with Crippen molar-refractivity contribution in [3.8, 4) is 5.75 Å². The number of rotatable bonds is 14. The quantitative estimate of drug-likeness (QED) is 0.324. The van der Waals surface area contributed by atoms with E-state index >= 15 is 0 Å². The number of hydrogen-bond acceptors (Lipinski definition) is 1. The molecule has 0 fully saturated rings. The molecular formula is C26H46O. The largest absolute Gasteiger partial charge is 0.508 e. The zero-order valence-corrected chi connectivity index (χ0v) is 19.0. The van der Waals surface area contributed by atoms with Gasteiger partial charge in [0.05, 0.1) is 0 Å². The van der Waals surface area contributed by atoms with Crippen LogP contribution in [0.25, 0.3) is 0 Å². The summed E-state index contributed by atoms with van der Waals surface area (Å²) in [6, 6.07) is 4.41. The second-order valence-electron chi connectivity index (χ2n) is 9.42. The summed E-state index contributed by atoms with van der Waals surface area (Å²) in [5.41, 5.74) is 4.00. The number of aromatic hydroxyl groups is 1. The van der Waals surface area contributed by atoms with Crippen molar-refractivity contribution in [1.29, 1.82) is 0 Å². The van der Waals surface area contributed by atoms with E-state index in [4.69, 9.17) is 0 Å². The minimum Gasteiger partial charge on any atom is -0.508 e. The Bertz CT molecular complexity index is 510. The molecule has 1 aromatic carbocycles. The zero-order valence-electron chi connectivity index (χ0n) is 19.0. The average Bonchev–Trinajstić information content (AvgIpc) is 2.61. The van der Waals surface area contributed by atoms with E-state index in [1.165, 1.54) is 93.7 Å². The second-order valence-corrected chi connectivity index (χ2v) is 9.42. The summed E-state index contributed by atoms with van der Waals surface area (Å²) in [6.45, 7) is 11.3. The van der Waals surface area contributed by atoms with E-state index in [9.17, 15) is 5.11 Å². The van der Waals surface area contributed by atoms with Gasteiger partial charge in [-0.05, 0) is 53.9 Å². The first-order valence-electron chi connectivity index (χ1n) is 11.7. The van der Waals surface area contributed by atoms with Crippen molar-refractivity contribution >= 4 is 0 Å². The van der Waals surface area contributed by atoms with Crippen molar-refractivity contribution in [2.24, 2.45) is 0 Å². The highest BCUT2D eigenvalue weighted by Gasteiger charge is 2.18. The summed E-state index contributed by atoms with van der Waals surface area (Å²) in [5, 5.41) is 10.7. The molecule has 1 heteroatoms. The molecule has 1 N–H and O–H groups in total. The second kappa shape index (κ2) is 13.2. The number of phenols is 1. The normalized spacial score (nSPS) is 11.9. The smallest absolute Gasteiger partial charge is 0.119 e. The van der Waals surface area contributed by atoms with E-state index in [-0.39, 0.29) is 5.41 Å². The number of phenolic OH excluding ortho intramolecular Hbond substituents is 1. The minimum atomic E-state index is 0.0893. The van der Waals surface area contributed by atoms with Gasteiger partial charge in [0.15, 0.2) is 0 Å². The van der Waals surface area contributed by atoms with E-state index in [0.29, 0.717) is 5.75 Å². The molecule has 0 aliphatic heterocycles. The molecule has 1 nitrogen and oxygen atoms in total. The minimum absolute atomic E-state index is 0.0893. The Balaban J connectivity index is 2.70. The third-order valence-corrected chi connectivity index (χ3v) is 5.76. The molecule has 0 saturated heterocycles. The van der Waals surface area contributed by atoms with E-state index in [1.807, 2.05) is 6.07 Å². The van der Waals surface area contributed by atoms with Crippen LogP contribution in [-0.2, 0) is 18.3 Å². The fourth-order valence-electron chi connectivity index (χ4n) is 3.84. The van der Waals surface area contributed by atoms with Crippen molar-refractivity contribution in [3.63, 3.8) is 0 Å². The molecule has 0 aliphatic carbocycles. The van der Waals surface area contributed by atoms with E-state index in [1.54, 1.807) is 0 Å². The fourth-order valence-corrected chi connectivity index (χ4v) is 3.84. The molecule has 1 rings (SSSR count). The lowest BCUT2D eigenvalue weighted by atomic mass is 9.83. The highest BCUT2D eigenvalue weighted by atomic mass is 16.3. The molecule has 0 bridgehead atoms. The van der Waals surface area contributed by atoms with Crippen LogP contribution in [0, 0.1) is 0 Å². The maximum atomic E-state index is 10.7. The molecule has 0 amide bonds. The summed E-state index contributed by atoms with van der Waals surface area (Å²) in [6.07, 6.45) is 18.0. The lowest BCUT2D eigenvalue weighted by Gasteiger charge is -2.23. The summed E-state index contributed by atoms with van der Waals surface area (Å²) in [7, 11) is 0. The van der Waals surface area contributed by atoms with Gasteiger partial charge in [-0.25, -0.2) is 0 Å². The van der Waals surface area contributed by atoms with Gasteiger partial charge in [0.1, 0.15) is 5.75 Å². The standard InChI is InChI=1S/C26H46O/c1-6-8-10-12-14-16-18-22-20-23(26(3,4)5)21-25(27)24(22)19-17-15-13-11-9-7-2/h20-21,27H,6-19H2,1-5H3. The van der Waals surface area contributed by atoms with Crippen molar-refractivity contribution in [1.82, 2.24) is 0 Å². The Morgan fingerprint density at radius 3 is 1.67 bits per heavy atom. The first kappa shape index (κ1) is 24.1. The predicted molar refractivity (Wildman–Crippen MR) is 121 cm³/mol. The maximum Gasteiger partial charge on any atom is 0.119 e. The number of benzene rings is 1. The molecule has 0 radical (unpaired) electrons. The molecule has 0 aromatic heterocycles. The summed E-state index contributed by atoms with van der Waals surface area (Å²) >= 11 is 0. The van der Waals surface area contributed by atoms with Gasteiger partial charge in [0.25, 0.3) is 0 Å². The number of aryl methyl sites for hydroxylation is 1. The van der Waals surface area contributed by atoms with Crippen LogP contribution in [0.4, 0.5) is 0 Å². The monoisotopic (exact) mass is 374 g/mol. The molecule has 0 saturated carbocycles. The summed E-state index contributed by atoms with van der Waals surface area (Å²) in [5.74, 6) is 0.539. The molecule has 27 heavy (non-hydrogen) atoms. The van der Waals surface area contributed by atoms with Crippen LogP contribution in [-0.4, -0.2) is 5.11 Å². The first-order chi connectivity index (χ1) is 12.9. The van der Waals surface area contributed by atoms with Crippen LogP contribution < -0.4 is 0 Å². The molecule has 0 heterocycles. The van der Waals surface area contributed by atoms with Crippen molar-refractivity contribution in [2.45, 2.75) is 130 Å². The van der Waals surface area contributed by atoms with Gasteiger partial charge >= 0.3 is 0 Å². The van der Waals surface area contributed by atoms with E-state index < -0.39 is 0 Å². The van der Waals surface area contributed by atoms with Gasteiger partial charge in [-0.1, -0.05) is 105 Å². The number of hydrogen-bond donors (Lipinski definition) is 1.